The molecule has 0 bridgehead atoms. The Bertz CT molecular complexity index is 945. The summed E-state index contributed by atoms with van der Waals surface area (Å²) in [6.45, 7) is 2.22. The number of ether oxygens (including phenoxy) is 2. The van der Waals surface area contributed by atoms with Gasteiger partial charge < -0.3 is 9.47 Å². The van der Waals surface area contributed by atoms with Crippen LogP contribution in [0.3, 0.4) is 0 Å². The predicted octanol–water partition coefficient (Wildman–Crippen LogP) is 4.60. The van der Waals surface area contributed by atoms with Gasteiger partial charge in [0.2, 0.25) is 11.6 Å². The zero-order valence-electron chi connectivity index (χ0n) is 14.2. The Morgan fingerprint density at radius 3 is 2.15 bits per heavy atom. The second kappa shape index (κ2) is 8.72. The van der Waals surface area contributed by atoms with Gasteiger partial charge in [0.15, 0.2) is 11.6 Å². The minimum absolute atomic E-state index is 0.106. The van der Waals surface area contributed by atoms with Gasteiger partial charge in [0.25, 0.3) is 0 Å². The normalized spacial score (nSPS) is 10.0. The molecule has 0 aliphatic rings. The second-order valence-corrected chi connectivity index (χ2v) is 5.36. The largest absolute Gasteiger partial charge is 0.462 e. The highest BCUT2D eigenvalue weighted by molar-refractivity contribution is 5.89. The predicted molar refractivity (Wildman–Crippen MR) is 87.5 cm³/mol. The van der Waals surface area contributed by atoms with E-state index < -0.39 is 40.3 Å². The molecule has 5 nitrogen and oxygen atoms in total. The molecule has 0 fully saturated rings. The smallest absolute Gasteiger partial charge is 0.338 e. The molecule has 2 aromatic rings. The lowest BCUT2D eigenvalue weighted by atomic mass is 10.1. The standard InChI is InChI=1S/C19H13F3N2O3/c1-2-3-8-26-19(25)11-4-6-12(7-5-11)27-18-16(21)14(10-24)13(9-23)15(20)17(18)22/h4-7H,2-3,8H2,1H3. The molecule has 0 heterocycles. The highest BCUT2D eigenvalue weighted by Gasteiger charge is 2.27. The summed E-state index contributed by atoms with van der Waals surface area (Å²) in [4.78, 5) is 11.8. The van der Waals surface area contributed by atoms with Crippen LogP contribution in [0.5, 0.6) is 11.5 Å². The summed E-state index contributed by atoms with van der Waals surface area (Å²) >= 11 is 0. The van der Waals surface area contributed by atoms with Crippen molar-refractivity contribution < 1.29 is 27.4 Å². The summed E-state index contributed by atoms with van der Waals surface area (Å²) in [6, 6.07) is 7.64. The Hall–Kier alpha value is -3.52. The van der Waals surface area contributed by atoms with E-state index in [-0.39, 0.29) is 17.9 Å². The van der Waals surface area contributed by atoms with E-state index in [1.807, 2.05) is 6.92 Å². The number of halogens is 3. The Balaban J connectivity index is 2.28. The Labute approximate surface area is 153 Å². The lowest BCUT2D eigenvalue weighted by Crippen LogP contribution is -2.06. The van der Waals surface area contributed by atoms with Gasteiger partial charge in [-0.25, -0.2) is 13.6 Å². The summed E-state index contributed by atoms with van der Waals surface area (Å²) in [6.07, 6.45) is 1.58. The number of carbonyl (C=O) groups is 1. The number of rotatable bonds is 6. The van der Waals surface area contributed by atoms with Gasteiger partial charge in [0, 0.05) is 0 Å². The molecule has 0 saturated carbocycles. The molecule has 0 aromatic heterocycles. The summed E-state index contributed by atoms with van der Waals surface area (Å²) in [7, 11) is 0. The molecule has 0 amide bonds. The Kier molecular flexibility index (Phi) is 6.40. The fourth-order valence-corrected chi connectivity index (χ4v) is 2.11. The minimum Gasteiger partial charge on any atom is -0.462 e. The van der Waals surface area contributed by atoms with Crippen molar-refractivity contribution in [1.82, 2.24) is 0 Å². The lowest BCUT2D eigenvalue weighted by Gasteiger charge is -2.11. The molecule has 0 saturated heterocycles. The maximum absolute atomic E-state index is 14.2. The van der Waals surface area contributed by atoms with E-state index >= 15 is 0 Å². The summed E-state index contributed by atoms with van der Waals surface area (Å²) in [5.74, 6) is -6.72. The van der Waals surface area contributed by atoms with Crippen LogP contribution in [-0.2, 0) is 4.74 Å². The van der Waals surface area contributed by atoms with E-state index in [1.54, 1.807) is 0 Å². The Morgan fingerprint density at radius 1 is 1.00 bits per heavy atom. The van der Waals surface area contributed by atoms with Gasteiger partial charge >= 0.3 is 5.97 Å². The first-order valence-corrected chi connectivity index (χ1v) is 7.90. The van der Waals surface area contributed by atoms with Crippen molar-refractivity contribution in [1.29, 1.82) is 10.5 Å². The molecule has 2 rings (SSSR count). The fourth-order valence-electron chi connectivity index (χ4n) is 2.11. The van der Waals surface area contributed by atoms with Crippen molar-refractivity contribution in [2.75, 3.05) is 6.61 Å². The van der Waals surface area contributed by atoms with Crippen molar-refractivity contribution in [2.24, 2.45) is 0 Å². The molecule has 0 spiro atoms. The first kappa shape index (κ1) is 19.8. The third kappa shape index (κ3) is 4.18. The summed E-state index contributed by atoms with van der Waals surface area (Å²) in [5.41, 5.74) is -1.80. The van der Waals surface area contributed by atoms with Crippen LogP contribution in [0.2, 0.25) is 0 Å². The van der Waals surface area contributed by atoms with Crippen molar-refractivity contribution in [3.05, 3.63) is 58.4 Å². The third-order valence-corrected chi connectivity index (χ3v) is 3.54. The summed E-state index contributed by atoms with van der Waals surface area (Å²) < 4.78 is 52.1. The van der Waals surface area contributed by atoms with E-state index in [0.717, 1.165) is 12.8 Å². The molecular formula is C19H13F3N2O3. The number of hydrogen-bond donors (Lipinski definition) is 0. The monoisotopic (exact) mass is 374 g/mol. The van der Waals surface area contributed by atoms with E-state index in [9.17, 15) is 18.0 Å². The highest BCUT2D eigenvalue weighted by atomic mass is 19.2. The van der Waals surface area contributed by atoms with Crippen LogP contribution in [0.4, 0.5) is 13.2 Å². The number of carbonyl (C=O) groups excluding carboxylic acids is 1. The van der Waals surface area contributed by atoms with Crippen LogP contribution in [-0.4, -0.2) is 12.6 Å². The number of hydrogen-bond acceptors (Lipinski definition) is 5. The van der Waals surface area contributed by atoms with Gasteiger partial charge in [0.1, 0.15) is 29.0 Å². The van der Waals surface area contributed by atoms with Gasteiger partial charge in [-0.05, 0) is 30.7 Å². The molecule has 0 unspecified atom stereocenters. The molecule has 138 valence electrons. The molecule has 0 N–H and O–H groups in total. The van der Waals surface area contributed by atoms with Crippen LogP contribution in [0.1, 0.15) is 41.3 Å². The van der Waals surface area contributed by atoms with Crippen molar-refractivity contribution in [3.8, 4) is 23.6 Å². The number of benzene rings is 2. The maximum atomic E-state index is 14.2. The van der Waals surface area contributed by atoms with Gasteiger partial charge in [-0.1, -0.05) is 13.3 Å². The first-order chi connectivity index (χ1) is 12.9. The number of nitrogens with zero attached hydrogens (tertiary/aromatic N) is 2. The quantitative estimate of drug-likeness (QED) is 0.419. The fraction of sp³-hybridized carbons (Fsp3) is 0.211. The highest BCUT2D eigenvalue weighted by Crippen LogP contribution is 2.33. The molecular weight excluding hydrogens is 361 g/mol. The van der Waals surface area contributed by atoms with Crippen LogP contribution < -0.4 is 4.74 Å². The second-order valence-electron chi connectivity index (χ2n) is 5.36. The zero-order chi connectivity index (χ0) is 20.0. The zero-order valence-corrected chi connectivity index (χ0v) is 14.2. The number of esters is 1. The van der Waals surface area contributed by atoms with Gasteiger partial charge in [0.05, 0.1) is 12.2 Å². The van der Waals surface area contributed by atoms with Gasteiger partial charge in [-0.15, -0.1) is 0 Å². The molecule has 0 radical (unpaired) electrons. The minimum atomic E-state index is -1.73. The number of unbranched alkanes of at least 4 members (excludes halogenated alkanes) is 1. The average Bonchev–Trinajstić information content (AvgIpc) is 2.68. The van der Waals surface area contributed by atoms with Crippen molar-refractivity contribution in [3.63, 3.8) is 0 Å². The average molecular weight is 374 g/mol. The molecule has 0 aliphatic heterocycles. The van der Waals surface area contributed by atoms with Crippen molar-refractivity contribution in [2.45, 2.75) is 19.8 Å². The van der Waals surface area contributed by atoms with Crippen LogP contribution in [0.25, 0.3) is 0 Å². The van der Waals surface area contributed by atoms with E-state index in [1.165, 1.54) is 36.4 Å². The lowest BCUT2D eigenvalue weighted by molar-refractivity contribution is 0.0499. The third-order valence-electron chi connectivity index (χ3n) is 3.54. The van der Waals surface area contributed by atoms with Crippen LogP contribution >= 0.6 is 0 Å². The van der Waals surface area contributed by atoms with Crippen molar-refractivity contribution >= 4 is 5.97 Å². The van der Waals surface area contributed by atoms with Crippen LogP contribution in [0.15, 0.2) is 24.3 Å². The first-order valence-electron chi connectivity index (χ1n) is 7.90. The van der Waals surface area contributed by atoms with E-state index in [0.29, 0.717) is 0 Å². The van der Waals surface area contributed by atoms with E-state index in [2.05, 4.69) is 0 Å². The molecule has 2 aromatic carbocycles. The van der Waals surface area contributed by atoms with Gasteiger partial charge in [-0.2, -0.15) is 14.9 Å². The Morgan fingerprint density at radius 2 is 1.59 bits per heavy atom. The topological polar surface area (TPSA) is 83.1 Å². The molecule has 0 atom stereocenters. The SMILES string of the molecule is CCCCOC(=O)c1ccc(Oc2c(F)c(F)c(C#N)c(C#N)c2F)cc1. The van der Waals surface area contributed by atoms with E-state index in [4.69, 9.17) is 20.0 Å². The molecule has 0 aliphatic carbocycles. The van der Waals surface area contributed by atoms with Gasteiger partial charge in [-0.3, -0.25) is 0 Å². The maximum Gasteiger partial charge on any atom is 0.338 e. The molecule has 27 heavy (non-hydrogen) atoms. The molecule has 8 heteroatoms. The van der Waals surface area contributed by atoms with Crippen LogP contribution in [0, 0.1) is 40.1 Å². The number of nitriles is 2. The summed E-state index contributed by atoms with van der Waals surface area (Å²) in [5, 5.41) is 17.6.